The highest BCUT2D eigenvalue weighted by Crippen LogP contribution is 2.21. The summed E-state index contributed by atoms with van der Waals surface area (Å²) in [6.07, 6.45) is 0. The Balaban J connectivity index is 1.86. The van der Waals surface area contributed by atoms with Crippen LogP contribution in [0.4, 0.5) is 0 Å². The molecule has 2 aromatic carbocycles. The van der Waals surface area contributed by atoms with Gasteiger partial charge in [0.2, 0.25) is 0 Å². The van der Waals surface area contributed by atoms with Crippen molar-refractivity contribution in [2.45, 2.75) is 10.8 Å². The smallest absolute Gasteiger partial charge is 0.267 e. The van der Waals surface area contributed by atoms with Crippen molar-refractivity contribution < 1.29 is 0 Å². The van der Waals surface area contributed by atoms with Crippen LogP contribution in [0, 0.1) is 0 Å². The summed E-state index contributed by atoms with van der Waals surface area (Å²) in [4.78, 5) is 13.3. The molecule has 6 heteroatoms. The Bertz CT molecular complexity index is 801. The minimum absolute atomic E-state index is 0.111. The Labute approximate surface area is 127 Å². The fourth-order valence-corrected chi connectivity index (χ4v) is 2.81. The van der Waals surface area contributed by atoms with Gasteiger partial charge in [-0.15, -0.1) is 16.9 Å². The molecule has 0 saturated heterocycles. The van der Waals surface area contributed by atoms with E-state index in [4.69, 9.17) is 0 Å². The lowest BCUT2D eigenvalue weighted by atomic mass is 10.2. The number of aromatic nitrogens is 3. The standard InChI is InChI=1S/C14H10BrN3OS/c15-10-5-7-11(8-6-10)20-9-18-14(19)12-3-1-2-4-13(12)16-17-18/h1-8H,9H2. The van der Waals surface area contributed by atoms with Crippen LogP contribution in [-0.4, -0.2) is 15.0 Å². The molecule has 100 valence electrons. The molecule has 0 bridgehead atoms. The summed E-state index contributed by atoms with van der Waals surface area (Å²) < 4.78 is 2.42. The molecule has 0 N–H and O–H groups in total. The molecule has 0 radical (unpaired) electrons. The molecule has 20 heavy (non-hydrogen) atoms. The van der Waals surface area contributed by atoms with E-state index >= 15 is 0 Å². The van der Waals surface area contributed by atoms with Crippen molar-refractivity contribution in [3.05, 3.63) is 63.4 Å². The number of thioether (sulfide) groups is 1. The molecule has 0 atom stereocenters. The van der Waals surface area contributed by atoms with Crippen molar-refractivity contribution in [3.63, 3.8) is 0 Å². The highest BCUT2D eigenvalue weighted by Gasteiger charge is 2.05. The number of fused-ring (bicyclic) bond motifs is 1. The molecule has 0 unspecified atom stereocenters. The van der Waals surface area contributed by atoms with E-state index < -0.39 is 0 Å². The van der Waals surface area contributed by atoms with Gasteiger partial charge in [0.25, 0.3) is 5.56 Å². The van der Waals surface area contributed by atoms with Gasteiger partial charge >= 0.3 is 0 Å². The molecule has 1 heterocycles. The van der Waals surface area contributed by atoms with Gasteiger partial charge in [-0.2, -0.15) is 0 Å². The Kier molecular flexibility index (Phi) is 3.84. The Morgan fingerprint density at radius 3 is 2.65 bits per heavy atom. The van der Waals surface area contributed by atoms with Crippen molar-refractivity contribution in [2.24, 2.45) is 0 Å². The maximum Gasteiger partial charge on any atom is 0.278 e. The van der Waals surface area contributed by atoms with Crippen molar-refractivity contribution in [2.75, 3.05) is 0 Å². The quantitative estimate of drug-likeness (QED) is 0.682. The highest BCUT2D eigenvalue weighted by atomic mass is 79.9. The van der Waals surface area contributed by atoms with Crippen LogP contribution in [0.1, 0.15) is 0 Å². The molecule has 3 rings (SSSR count). The average Bonchev–Trinajstić information content (AvgIpc) is 2.49. The van der Waals surface area contributed by atoms with E-state index in [1.807, 2.05) is 36.4 Å². The third kappa shape index (κ3) is 2.76. The van der Waals surface area contributed by atoms with Crippen LogP contribution in [-0.2, 0) is 5.88 Å². The number of benzene rings is 2. The third-order valence-corrected chi connectivity index (χ3v) is 4.30. The first-order valence-corrected chi connectivity index (χ1v) is 7.73. The van der Waals surface area contributed by atoms with Crippen LogP contribution < -0.4 is 5.56 Å². The maximum atomic E-state index is 12.2. The summed E-state index contributed by atoms with van der Waals surface area (Å²) in [5.74, 6) is 0.443. The van der Waals surface area contributed by atoms with Crippen molar-refractivity contribution in [1.82, 2.24) is 15.0 Å². The van der Waals surface area contributed by atoms with Crippen molar-refractivity contribution in [3.8, 4) is 0 Å². The Morgan fingerprint density at radius 1 is 1.10 bits per heavy atom. The van der Waals surface area contributed by atoms with Gasteiger partial charge in [-0.3, -0.25) is 4.79 Å². The summed E-state index contributed by atoms with van der Waals surface area (Å²) in [6, 6.07) is 15.2. The molecule has 0 aliphatic carbocycles. The van der Waals surface area contributed by atoms with Gasteiger partial charge in [0, 0.05) is 9.37 Å². The van der Waals surface area contributed by atoms with Crippen LogP contribution in [0.5, 0.6) is 0 Å². The monoisotopic (exact) mass is 347 g/mol. The summed E-state index contributed by atoms with van der Waals surface area (Å²) in [5.41, 5.74) is 0.516. The minimum atomic E-state index is -0.111. The Morgan fingerprint density at radius 2 is 1.85 bits per heavy atom. The normalized spacial score (nSPS) is 10.8. The van der Waals surface area contributed by atoms with Crippen LogP contribution in [0.3, 0.4) is 0 Å². The van der Waals surface area contributed by atoms with Gasteiger partial charge in [-0.05, 0) is 36.4 Å². The zero-order valence-corrected chi connectivity index (χ0v) is 12.8. The summed E-state index contributed by atoms with van der Waals surface area (Å²) >= 11 is 4.94. The van der Waals surface area contributed by atoms with E-state index in [0.29, 0.717) is 16.8 Å². The van der Waals surface area contributed by atoms with Crippen LogP contribution in [0.2, 0.25) is 0 Å². The topological polar surface area (TPSA) is 47.8 Å². The first-order valence-electron chi connectivity index (χ1n) is 5.95. The van der Waals surface area contributed by atoms with E-state index in [-0.39, 0.29) is 5.56 Å². The third-order valence-electron chi connectivity index (χ3n) is 2.80. The zero-order chi connectivity index (χ0) is 13.9. The number of halogens is 1. The zero-order valence-electron chi connectivity index (χ0n) is 10.4. The molecule has 0 spiro atoms. The molecular formula is C14H10BrN3OS. The van der Waals surface area contributed by atoms with Gasteiger partial charge in [0.1, 0.15) is 5.52 Å². The summed E-state index contributed by atoms with van der Waals surface area (Å²) in [6.45, 7) is 0. The summed E-state index contributed by atoms with van der Waals surface area (Å²) in [7, 11) is 0. The highest BCUT2D eigenvalue weighted by molar-refractivity contribution is 9.10. The predicted octanol–water partition coefficient (Wildman–Crippen LogP) is 3.30. The number of hydrogen-bond acceptors (Lipinski definition) is 4. The number of hydrogen-bond donors (Lipinski definition) is 0. The molecule has 4 nitrogen and oxygen atoms in total. The minimum Gasteiger partial charge on any atom is -0.267 e. The lowest BCUT2D eigenvalue weighted by Gasteiger charge is -2.04. The second-order valence-corrected chi connectivity index (χ2v) is 6.07. The second-order valence-electron chi connectivity index (χ2n) is 4.14. The lowest BCUT2D eigenvalue weighted by Crippen LogP contribution is -2.23. The van der Waals surface area contributed by atoms with Gasteiger partial charge in [-0.25, -0.2) is 4.68 Å². The molecule has 3 aromatic rings. The van der Waals surface area contributed by atoms with Crippen LogP contribution >= 0.6 is 27.7 Å². The van der Waals surface area contributed by atoms with Crippen LogP contribution in [0.25, 0.3) is 10.9 Å². The number of rotatable bonds is 3. The van der Waals surface area contributed by atoms with Gasteiger partial charge < -0.3 is 0 Å². The predicted molar refractivity (Wildman–Crippen MR) is 83.8 cm³/mol. The van der Waals surface area contributed by atoms with Gasteiger partial charge in [-0.1, -0.05) is 33.3 Å². The molecule has 0 saturated carbocycles. The van der Waals surface area contributed by atoms with Gasteiger partial charge in [0.05, 0.1) is 11.3 Å². The molecule has 0 amide bonds. The van der Waals surface area contributed by atoms with Crippen molar-refractivity contribution in [1.29, 1.82) is 0 Å². The van der Waals surface area contributed by atoms with E-state index in [1.54, 1.807) is 23.9 Å². The molecular weight excluding hydrogens is 338 g/mol. The van der Waals surface area contributed by atoms with Gasteiger partial charge in [0.15, 0.2) is 0 Å². The fraction of sp³-hybridized carbons (Fsp3) is 0.0714. The largest absolute Gasteiger partial charge is 0.278 e. The average molecular weight is 348 g/mol. The van der Waals surface area contributed by atoms with E-state index in [2.05, 4.69) is 26.2 Å². The molecule has 0 aliphatic rings. The molecule has 0 aliphatic heterocycles. The second kappa shape index (κ2) is 5.76. The summed E-state index contributed by atoms with van der Waals surface area (Å²) in [5, 5.41) is 8.62. The van der Waals surface area contributed by atoms with Crippen LogP contribution in [0.15, 0.2) is 62.7 Å². The van der Waals surface area contributed by atoms with E-state index in [1.165, 1.54) is 4.68 Å². The van der Waals surface area contributed by atoms with E-state index in [0.717, 1.165) is 9.37 Å². The Hall–Kier alpha value is -1.66. The maximum absolute atomic E-state index is 12.2. The first kappa shape index (κ1) is 13.3. The van der Waals surface area contributed by atoms with E-state index in [9.17, 15) is 4.79 Å². The molecule has 1 aromatic heterocycles. The number of nitrogens with zero attached hydrogens (tertiary/aromatic N) is 3. The SMILES string of the molecule is O=c1c2ccccc2nnn1CSc1ccc(Br)cc1. The first-order chi connectivity index (χ1) is 9.74. The fourth-order valence-electron chi connectivity index (χ4n) is 1.77. The lowest BCUT2D eigenvalue weighted by molar-refractivity contribution is 0.645. The van der Waals surface area contributed by atoms with Crippen molar-refractivity contribution >= 4 is 38.6 Å². The molecule has 0 fully saturated rings.